The summed E-state index contributed by atoms with van der Waals surface area (Å²) in [7, 11) is 0. The number of nitrogens with one attached hydrogen (secondary N) is 1. The maximum absolute atomic E-state index is 6.92. The smallest absolute Gasteiger partial charge is 0.664 e. The fourth-order valence-electron chi connectivity index (χ4n) is 3.06. The van der Waals surface area contributed by atoms with E-state index in [1.807, 2.05) is 77.9 Å². The number of aromatic nitrogens is 1. The quantitative estimate of drug-likeness (QED) is 0.155. The van der Waals surface area contributed by atoms with E-state index < -0.39 is 0 Å². The van der Waals surface area contributed by atoms with Crippen LogP contribution in [0.25, 0.3) is 10.6 Å². The van der Waals surface area contributed by atoms with Crippen molar-refractivity contribution in [3.8, 4) is 5.88 Å². The van der Waals surface area contributed by atoms with Crippen LogP contribution in [0.15, 0.2) is 36.4 Å². The van der Waals surface area contributed by atoms with E-state index in [0.29, 0.717) is 24.8 Å². The van der Waals surface area contributed by atoms with E-state index in [4.69, 9.17) is 15.9 Å². The molecule has 0 aliphatic rings. The van der Waals surface area contributed by atoms with Crippen LogP contribution < -0.4 is 15.4 Å². The molecule has 3 N–H and O–H groups in total. The molecule has 0 aliphatic heterocycles. The first-order valence-electron chi connectivity index (χ1n) is 13.5. The summed E-state index contributed by atoms with van der Waals surface area (Å²) in [5.41, 5.74) is 9.17. The van der Waals surface area contributed by atoms with Crippen LogP contribution in [0.3, 0.4) is 0 Å². The topological polar surface area (TPSA) is 103 Å². The van der Waals surface area contributed by atoms with Gasteiger partial charge in [0.25, 0.3) is 0 Å². The number of anilines is 2. The number of likely N-dealkylation sites (N-methyl/N-ethyl adjacent to an activating group) is 1. The second kappa shape index (κ2) is 29.0. The van der Waals surface area contributed by atoms with Crippen molar-refractivity contribution in [2.75, 3.05) is 56.5 Å². The maximum atomic E-state index is 6.92. The van der Waals surface area contributed by atoms with Crippen molar-refractivity contribution < 1.29 is 35.9 Å². The van der Waals surface area contributed by atoms with Crippen molar-refractivity contribution in [1.82, 2.24) is 4.98 Å². The summed E-state index contributed by atoms with van der Waals surface area (Å²) >= 11 is 0. The summed E-state index contributed by atoms with van der Waals surface area (Å²) < 4.78 is 5.70. The molecule has 0 saturated heterocycles. The molecule has 37 heavy (non-hydrogen) atoms. The van der Waals surface area contributed by atoms with Crippen LogP contribution in [-0.4, -0.2) is 57.1 Å². The van der Waals surface area contributed by atoms with E-state index in [0.717, 1.165) is 56.8 Å². The molecule has 1 heterocycles. The maximum Gasteiger partial charge on any atom is 2.00 e. The molecule has 0 bridgehead atoms. The van der Waals surface area contributed by atoms with E-state index >= 15 is 0 Å². The number of nitrogen functional groups attached to an aromatic ring is 1. The summed E-state index contributed by atoms with van der Waals surface area (Å²) in [5.74, 6) is 1.07. The van der Waals surface area contributed by atoms with Gasteiger partial charge in [-0.2, -0.15) is 24.6 Å². The zero-order valence-electron chi connectivity index (χ0n) is 24.7. The Bertz CT molecular complexity index is 770. The molecule has 8 heteroatoms. The van der Waals surface area contributed by atoms with Gasteiger partial charge in [0.15, 0.2) is 0 Å². The Morgan fingerprint density at radius 3 is 2.08 bits per heavy atom. The minimum Gasteiger partial charge on any atom is -0.664 e. The molecule has 0 saturated carbocycles. The van der Waals surface area contributed by atoms with Crippen LogP contribution in [0.5, 0.6) is 5.88 Å². The van der Waals surface area contributed by atoms with Crippen molar-refractivity contribution in [3.05, 3.63) is 58.2 Å². The Morgan fingerprint density at radius 2 is 1.57 bits per heavy atom. The molecule has 1 aromatic carbocycles. The molecule has 2 rings (SSSR count). The first-order chi connectivity index (χ1) is 17.5. The Labute approximate surface area is 251 Å². The van der Waals surface area contributed by atoms with Gasteiger partial charge in [0.1, 0.15) is 5.82 Å². The van der Waals surface area contributed by atoms with E-state index in [1.165, 1.54) is 11.8 Å². The molecular formula is C29H52N6OU. The number of aryl methyl sites for hydroxylation is 1. The van der Waals surface area contributed by atoms with Gasteiger partial charge in [-0.15, -0.1) is 6.54 Å². The van der Waals surface area contributed by atoms with Gasteiger partial charge in [-0.1, -0.05) is 78.3 Å². The monoisotopic (exact) mass is 738 g/mol. The number of nitrogens with two attached hydrogens (primary N) is 1. The standard InChI is InChI=1S/C17H31N5O.C8H9N.2C2H6.U/c1-4-10-22(11-5-2)15-13-16(18)21-17(14-15)23-12-9-20-8-7-19-6-3;1-7-3-2-4-8(5-7)6-9;2*1-2;/h13-14H,4-12H2,1-3H3,(H2,18,21);2-6,9H,1H3;2*1-2H3;/q-2;;;;+2. The van der Waals surface area contributed by atoms with Gasteiger partial charge in [0.05, 0.1) is 6.61 Å². The van der Waals surface area contributed by atoms with Crippen molar-refractivity contribution in [3.63, 3.8) is 0 Å². The molecule has 0 unspecified atom stereocenters. The SMILES string of the molecule is CC.CC.CCCN(CCC)c1cc(N)nc(OCC[N-]CC[N-]CC)c1.Cc1cccc(C=N)c1.[U+2]. The van der Waals surface area contributed by atoms with Crippen molar-refractivity contribution in [2.24, 2.45) is 0 Å². The Morgan fingerprint density at radius 1 is 0.946 bits per heavy atom. The van der Waals surface area contributed by atoms with Gasteiger partial charge in [0, 0.05) is 37.1 Å². The Balaban J connectivity index is -0.000000687. The zero-order valence-corrected chi connectivity index (χ0v) is 28.8. The summed E-state index contributed by atoms with van der Waals surface area (Å²) in [5, 5.41) is 15.5. The number of ether oxygens (including phenoxy) is 1. The minimum atomic E-state index is 0. The van der Waals surface area contributed by atoms with E-state index in [-0.39, 0.29) is 31.1 Å². The first kappa shape index (κ1) is 39.9. The molecule has 7 nitrogen and oxygen atoms in total. The number of benzene rings is 1. The fourth-order valence-corrected chi connectivity index (χ4v) is 3.06. The van der Waals surface area contributed by atoms with Crippen LogP contribution in [0.2, 0.25) is 0 Å². The first-order valence-corrected chi connectivity index (χ1v) is 13.5. The molecular weight excluding hydrogens is 686 g/mol. The molecule has 208 valence electrons. The van der Waals surface area contributed by atoms with Gasteiger partial charge in [-0.3, -0.25) is 0 Å². The predicted molar refractivity (Wildman–Crippen MR) is 161 cm³/mol. The third kappa shape index (κ3) is 21.1. The second-order valence-electron chi connectivity index (χ2n) is 7.42. The Kier molecular flexibility index (Phi) is 31.3. The van der Waals surface area contributed by atoms with Crippen molar-refractivity contribution in [2.45, 2.75) is 68.2 Å². The van der Waals surface area contributed by atoms with Gasteiger partial charge in [-0.25, -0.2) is 0 Å². The average Bonchev–Trinajstić information content (AvgIpc) is 2.90. The van der Waals surface area contributed by atoms with Gasteiger partial charge in [0.2, 0.25) is 5.88 Å². The minimum absolute atomic E-state index is 0. The van der Waals surface area contributed by atoms with Crippen LogP contribution in [-0.2, 0) is 0 Å². The fraction of sp³-hybridized carbons (Fsp3) is 0.586. The number of hydrogen-bond donors (Lipinski definition) is 2. The van der Waals surface area contributed by atoms with Gasteiger partial charge < -0.3 is 31.4 Å². The Hall–Kier alpha value is -1.59. The molecule has 1 aromatic heterocycles. The molecule has 0 spiro atoms. The number of pyridine rings is 1. The molecule has 0 aliphatic carbocycles. The van der Waals surface area contributed by atoms with Crippen molar-refractivity contribution >= 4 is 17.7 Å². The van der Waals surface area contributed by atoms with Crippen LogP contribution >= 0.6 is 0 Å². The number of hydrogen-bond acceptors (Lipinski definition) is 5. The summed E-state index contributed by atoms with van der Waals surface area (Å²) in [4.78, 5) is 6.57. The number of rotatable bonds is 14. The molecule has 2 aromatic rings. The third-order valence-electron chi connectivity index (χ3n) is 4.51. The molecule has 0 radical (unpaired) electrons. The normalized spacial score (nSPS) is 9.19. The largest absolute Gasteiger partial charge is 2.00 e. The van der Waals surface area contributed by atoms with Crippen molar-refractivity contribution in [1.29, 1.82) is 5.41 Å². The van der Waals surface area contributed by atoms with E-state index in [1.54, 1.807) is 0 Å². The zero-order chi connectivity index (χ0) is 27.6. The average molecular weight is 739 g/mol. The molecule has 0 amide bonds. The van der Waals surface area contributed by atoms with Gasteiger partial charge >= 0.3 is 31.1 Å². The van der Waals surface area contributed by atoms with Crippen LogP contribution in [0, 0.1) is 43.4 Å². The van der Waals surface area contributed by atoms with Crippen LogP contribution in [0.4, 0.5) is 11.5 Å². The summed E-state index contributed by atoms with van der Waals surface area (Å²) in [6.07, 6.45) is 3.55. The molecule has 0 atom stereocenters. The second-order valence-corrected chi connectivity index (χ2v) is 7.42. The third-order valence-corrected chi connectivity index (χ3v) is 4.51. The summed E-state index contributed by atoms with van der Waals surface area (Å²) in [6.45, 7) is 22.0. The predicted octanol–water partition coefficient (Wildman–Crippen LogP) is 7.48. The summed E-state index contributed by atoms with van der Waals surface area (Å²) in [6, 6.07) is 11.7. The van der Waals surface area contributed by atoms with E-state index in [2.05, 4.69) is 34.4 Å². The molecule has 0 fully saturated rings. The van der Waals surface area contributed by atoms with Crippen LogP contribution in [0.1, 0.15) is 72.4 Å². The number of nitrogens with zero attached hydrogens (tertiary/aromatic N) is 4. The van der Waals surface area contributed by atoms with E-state index in [9.17, 15) is 0 Å². The van der Waals surface area contributed by atoms with Gasteiger partial charge in [-0.05, 0) is 25.3 Å².